The number of nitrogens with two attached hydrogens (primary N) is 1. The summed E-state index contributed by atoms with van der Waals surface area (Å²) < 4.78 is 38.3. The predicted molar refractivity (Wildman–Crippen MR) is 40.1 cm³/mol. The number of anilines is 1. The normalized spacial score (nSPS) is 10.3. The Hall–Kier alpha value is -1.19. The number of halogens is 3. The van der Waals surface area contributed by atoms with Crippen molar-refractivity contribution < 1.29 is 13.2 Å². The molecule has 0 saturated carbocycles. The van der Waals surface area contributed by atoms with Gasteiger partial charge in [0.1, 0.15) is 5.82 Å². The van der Waals surface area contributed by atoms with Crippen molar-refractivity contribution in [3.8, 4) is 0 Å². The smallest absolute Gasteiger partial charge is 0.182 e. The highest BCUT2D eigenvalue weighted by Crippen LogP contribution is 2.21. The highest BCUT2D eigenvalue weighted by Gasteiger charge is 2.15. The van der Waals surface area contributed by atoms with Gasteiger partial charge in [-0.3, -0.25) is 0 Å². The van der Waals surface area contributed by atoms with Crippen LogP contribution in [0.25, 0.3) is 0 Å². The Morgan fingerprint density at radius 2 is 1.83 bits per heavy atom. The molecular formula is C8H8F3N. The summed E-state index contributed by atoms with van der Waals surface area (Å²) in [6.07, 6.45) is 0.106. The third kappa shape index (κ3) is 1.24. The molecule has 2 N–H and O–H groups in total. The first-order valence-electron chi connectivity index (χ1n) is 3.49. The zero-order chi connectivity index (χ0) is 9.30. The first kappa shape index (κ1) is 8.90. The van der Waals surface area contributed by atoms with Gasteiger partial charge in [0, 0.05) is 11.6 Å². The fraction of sp³-hybridized carbons (Fsp3) is 0.250. The van der Waals surface area contributed by atoms with Gasteiger partial charge in [0.05, 0.1) is 5.69 Å². The van der Waals surface area contributed by atoms with E-state index in [0.717, 1.165) is 6.07 Å². The lowest BCUT2D eigenvalue weighted by molar-refractivity contribution is 0.484. The zero-order valence-electron chi connectivity index (χ0n) is 6.50. The molecule has 0 heterocycles. The van der Waals surface area contributed by atoms with Crippen LogP contribution in [0.15, 0.2) is 6.07 Å². The van der Waals surface area contributed by atoms with E-state index in [1.807, 2.05) is 0 Å². The van der Waals surface area contributed by atoms with Crippen molar-refractivity contribution in [1.82, 2.24) is 0 Å². The second-order valence-electron chi connectivity index (χ2n) is 2.41. The molecule has 0 fully saturated rings. The first-order chi connectivity index (χ1) is 5.57. The van der Waals surface area contributed by atoms with Crippen molar-refractivity contribution in [1.29, 1.82) is 0 Å². The van der Waals surface area contributed by atoms with Gasteiger partial charge in [0.15, 0.2) is 11.6 Å². The van der Waals surface area contributed by atoms with E-state index >= 15 is 0 Å². The van der Waals surface area contributed by atoms with Crippen LogP contribution in [-0.2, 0) is 6.42 Å². The number of rotatable bonds is 1. The molecule has 0 aliphatic carbocycles. The van der Waals surface area contributed by atoms with E-state index in [9.17, 15) is 13.2 Å². The van der Waals surface area contributed by atoms with Crippen molar-refractivity contribution in [2.45, 2.75) is 13.3 Å². The maximum Gasteiger partial charge on any atom is 0.182 e. The van der Waals surface area contributed by atoms with Crippen LogP contribution in [0.3, 0.4) is 0 Å². The van der Waals surface area contributed by atoms with Crippen molar-refractivity contribution >= 4 is 5.69 Å². The Morgan fingerprint density at radius 3 is 2.33 bits per heavy atom. The van der Waals surface area contributed by atoms with Crippen LogP contribution in [-0.4, -0.2) is 0 Å². The Bertz CT molecular complexity index is 310. The summed E-state index contributed by atoms with van der Waals surface area (Å²) in [6, 6.07) is 0.789. The third-order valence-electron chi connectivity index (χ3n) is 1.64. The Kier molecular flexibility index (Phi) is 2.26. The highest BCUT2D eigenvalue weighted by atomic mass is 19.2. The van der Waals surface area contributed by atoms with Crippen molar-refractivity contribution in [2.75, 3.05) is 5.73 Å². The predicted octanol–water partition coefficient (Wildman–Crippen LogP) is 2.25. The SMILES string of the molecule is CCc1c(F)cc(N)c(F)c1F. The summed E-state index contributed by atoms with van der Waals surface area (Å²) >= 11 is 0. The van der Waals surface area contributed by atoms with Crippen molar-refractivity contribution in [3.05, 3.63) is 29.1 Å². The molecule has 0 atom stereocenters. The Balaban J connectivity index is 3.40. The summed E-state index contributed by atoms with van der Waals surface area (Å²) in [7, 11) is 0. The van der Waals surface area contributed by atoms with Crippen LogP contribution in [0.1, 0.15) is 12.5 Å². The number of nitrogen functional groups attached to an aromatic ring is 1. The highest BCUT2D eigenvalue weighted by molar-refractivity contribution is 5.43. The van der Waals surface area contributed by atoms with Crippen LogP contribution in [0.4, 0.5) is 18.9 Å². The maximum absolute atomic E-state index is 12.8. The molecule has 1 aromatic rings. The zero-order valence-corrected chi connectivity index (χ0v) is 6.50. The molecular weight excluding hydrogens is 167 g/mol. The minimum absolute atomic E-state index is 0.106. The standard InChI is InChI=1S/C8H8F3N/c1-2-4-5(9)3-6(12)8(11)7(4)10/h3H,2,12H2,1H3. The molecule has 0 aliphatic heterocycles. The monoisotopic (exact) mass is 175 g/mol. The van der Waals surface area contributed by atoms with Gasteiger partial charge in [-0.1, -0.05) is 6.92 Å². The van der Waals surface area contributed by atoms with E-state index in [4.69, 9.17) is 5.73 Å². The number of hydrogen-bond donors (Lipinski definition) is 1. The number of hydrogen-bond acceptors (Lipinski definition) is 1. The molecule has 12 heavy (non-hydrogen) atoms. The molecule has 0 saturated heterocycles. The van der Waals surface area contributed by atoms with E-state index in [1.165, 1.54) is 6.92 Å². The Morgan fingerprint density at radius 1 is 1.25 bits per heavy atom. The van der Waals surface area contributed by atoms with E-state index in [0.29, 0.717) is 0 Å². The van der Waals surface area contributed by atoms with E-state index in [2.05, 4.69) is 0 Å². The fourth-order valence-electron chi connectivity index (χ4n) is 0.975. The van der Waals surface area contributed by atoms with Crippen LogP contribution < -0.4 is 5.73 Å². The molecule has 1 rings (SSSR count). The van der Waals surface area contributed by atoms with Crippen molar-refractivity contribution in [3.63, 3.8) is 0 Å². The third-order valence-corrected chi connectivity index (χ3v) is 1.64. The number of benzene rings is 1. The molecule has 0 aliphatic rings. The summed E-state index contributed by atoms with van der Waals surface area (Å²) in [5, 5.41) is 0. The summed E-state index contributed by atoms with van der Waals surface area (Å²) in [6.45, 7) is 1.54. The topological polar surface area (TPSA) is 26.0 Å². The second kappa shape index (κ2) is 3.05. The average Bonchev–Trinajstić information content (AvgIpc) is 2.01. The lowest BCUT2D eigenvalue weighted by atomic mass is 10.1. The fourth-order valence-corrected chi connectivity index (χ4v) is 0.975. The van der Waals surface area contributed by atoms with E-state index in [1.54, 1.807) is 0 Å². The molecule has 1 aromatic carbocycles. The molecule has 1 nitrogen and oxygen atoms in total. The van der Waals surface area contributed by atoms with Gasteiger partial charge >= 0.3 is 0 Å². The largest absolute Gasteiger partial charge is 0.396 e. The van der Waals surface area contributed by atoms with Gasteiger partial charge in [-0.15, -0.1) is 0 Å². The molecule has 0 amide bonds. The maximum atomic E-state index is 12.8. The molecule has 0 radical (unpaired) electrons. The van der Waals surface area contributed by atoms with Gasteiger partial charge in [-0.2, -0.15) is 0 Å². The van der Waals surface area contributed by atoms with Gasteiger partial charge in [-0.25, -0.2) is 13.2 Å². The lowest BCUT2D eigenvalue weighted by Crippen LogP contribution is -2.02. The summed E-state index contributed by atoms with van der Waals surface area (Å²) in [5.74, 6) is -3.16. The second-order valence-corrected chi connectivity index (χ2v) is 2.41. The Labute approximate surface area is 68.0 Å². The van der Waals surface area contributed by atoms with E-state index in [-0.39, 0.29) is 12.0 Å². The van der Waals surface area contributed by atoms with Gasteiger partial charge in [-0.05, 0) is 6.42 Å². The van der Waals surface area contributed by atoms with E-state index < -0.39 is 23.1 Å². The molecule has 0 bridgehead atoms. The molecule has 0 aromatic heterocycles. The van der Waals surface area contributed by atoms with Crippen LogP contribution >= 0.6 is 0 Å². The summed E-state index contributed by atoms with van der Waals surface area (Å²) in [4.78, 5) is 0. The first-order valence-corrected chi connectivity index (χ1v) is 3.49. The molecule has 0 spiro atoms. The van der Waals surface area contributed by atoms with Gasteiger partial charge in [0.25, 0.3) is 0 Å². The molecule has 4 heteroatoms. The minimum atomic E-state index is -1.19. The van der Waals surface area contributed by atoms with Crippen molar-refractivity contribution in [2.24, 2.45) is 0 Å². The van der Waals surface area contributed by atoms with Gasteiger partial charge < -0.3 is 5.73 Å². The molecule has 66 valence electrons. The van der Waals surface area contributed by atoms with Crippen LogP contribution in [0, 0.1) is 17.5 Å². The minimum Gasteiger partial charge on any atom is -0.396 e. The quantitative estimate of drug-likeness (QED) is 0.514. The lowest BCUT2D eigenvalue weighted by Gasteiger charge is -2.04. The summed E-state index contributed by atoms with van der Waals surface area (Å²) in [5.41, 5.74) is 4.23. The van der Waals surface area contributed by atoms with Crippen LogP contribution in [0.2, 0.25) is 0 Å². The average molecular weight is 175 g/mol. The van der Waals surface area contributed by atoms with Gasteiger partial charge in [0.2, 0.25) is 0 Å². The molecule has 0 unspecified atom stereocenters. The van der Waals surface area contributed by atoms with Crippen LogP contribution in [0.5, 0.6) is 0 Å².